The average Bonchev–Trinajstić information content (AvgIpc) is 2.65. The Morgan fingerprint density at radius 2 is 2.29 bits per heavy atom. The molecule has 0 fully saturated rings. The Bertz CT molecular complexity index is 487. The first kappa shape index (κ1) is 9.18. The van der Waals surface area contributed by atoms with Crippen molar-refractivity contribution in [3.8, 4) is 5.75 Å². The van der Waals surface area contributed by atoms with E-state index in [-0.39, 0.29) is 12.4 Å². The van der Waals surface area contributed by atoms with Gasteiger partial charge in [-0.1, -0.05) is 0 Å². The molecule has 72 valence electrons. The second kappa shape index (κ2) is 3.40. The first-order chi connectivity index (χ1) is 6.77. The van der Waals surface area contributed by atoms with Crippen molar-refractivity contribution in [3.63, 3.8) is 0 Å². The van der Waals surface area contributed by atoms with Gasteiger partial charge in [0, 0.05) is 21.2 Å². The molecule has 0 radical (unpaired) electrons. The minimum absolute atomic E-state index is 0.0236. The van der Waals surface area contributed by atoms with E-state index < -0.39 is 0 Å². The van der Waals surface area contributed by atoms with Gasteiger partial charge in [0.1, 0.15) is 5.75 Å². The second-order valence-corrected chi connectivity index (χ2v) is 3.82. The van der Waals surface area contributed by atoms with E-state index in [9.17, 15) is 9.90 Å². The number of benzene rings is 1. The van der Waals surface area contributed by atoms with Gasteiger partial charge in [-0.15, -0.1) is 11.3 Å². The van der Waals surface area contributed by atoms with Gasteiger partial charge >= 0.3 is 0 Å². The van der Waals surface area contributed by atoms with E-state index in [1.165, 1.54) is 17.4 Å². The first-order valence-corrected chi connectivity index (χ1v) is 4.94. The van der Waals surface area contributed by atoms with Crippen molar-refractivity contribution in [2.45, 2.75) is 6.61 Å². The van der Waals surface area contributed by atoms with E-state index in [0.717, 1.165) is 10.1 Å². The highest BCUT2D eigenvalue weighted by Crippen LogP contribution is 2.33. The van der Waals surface area contributed by atoms with Gasteiger partial charge in [0.25, 0.3) is 0 Å². The van der Waals surface area contributed by atoms with Crippen LogP contribution in [-0.2, 0) is 6.61 Å². The molecule has 2 N–H and O–H groups in total. The number of aldehydes is 1. The highest BCUT2D eigenvalue weighted by molar-refractivity contribution is 7.17. The quantitative estimate of drug-likeness (QED) is 0.741. The van der Waals surface area contributed by atoms with Crippen molar-refractivity contribution in [2.24, 2.45) is 0 Å². The standard InChI is InChI=1S/C10H8O3S/c11-4-6-3-9(13)8(5-12)10-7(6)1-2-14-10/h1-4,12-13H,5H2. The maximum absolute atomic E-state index is 10.7. The molecule has 1 heterocycles. The van der Waals surface area contributed by atoms with E-state index in [2.05, 4.69) is 0 Å². The summed E-state index contributed by atoms with van der Waals surface area (Å²) < 4.78 is 0.773. The Morgan fingerprint density at radius 3 is 2.93 bits per heavy atom. The number of aliphatic hydroxyl groups excluding tert-OH is 1. The van der Waals surface area contributed by atoms with Crippen LogP contribution in [0.25, 0.3) is 10.1 Å². The summed E-state index contributed by atoms with van der Waals surface area (Å²) in [4.78, 5) is 10.7. The van der Waals surface area contributed by atoms with Crippen molar-refractivity contribution < 1.29 is 15.0 Å². The third kappa shape index (κ3) is 1.20. The van der Waals surface area contributed by atoms with Gasteiger partial charge in [0.15, 0.2) is 6.29 Å². The van der Waals surface area contributed by atoms with Crippen LogP contribution in [0.2, 0.25) is 0 Å². The summed E-state index contributed by atoms with van der Waals surface area (Å²) >= 11 is 1.40. The van der Waals surface area contributed by atoms with Crippen LogP contribution >= 0.6 is 11.3 Å². The lowest BCUT2D eigenvalue weighted by Crippen LogP contribution is -1.88. The van der Waals surface area contributed by atoms with Crippen LogP contribution in [-0.4, -0.2) is 16.5 Å². The number of aliphatic hydroxyl groups is 1. The zero-order chi connectivity index (χ0) is 10.1. The number of thiophene rings is 1. The lowest BCUT2D eigenvalue weighted by atomic mass is 10.1. The third-order valence-electron chi connectivity index (χ3n) is 2.14. The minimum Gasteiger partial charge on any atom is -0.508 e. The minimum atomic E-state index is -0.220. The Morgan fingerprint density at radius 1 is 1.50 bits per heavy atom. The van der Waals surface area contributed by atoms with Gasteiger partial charge in [-0.25, -0.2) is 0 Å². The average molecular weight is 208 g/mol. The van der Waals surface area contributed by atoms with E-state index in [1.54, 1.807) is 0 Å². The van der Waals surface area contributed by atoms with Gasteiger partial charge in [0.05, 0.1) is 6.61 Å². The molecule has 2 rings (SSSR count). The van der Waals surface area contributed by atoms with Gasteiger partial charge < -0.3 is 10.2 Å². The molecule has 2 aromatic rings. The van der Waals surface area contributed by atoms with Crippen LogP contribution in [0.1, 0.15) is 15.9 Å². The summed E-state index contributed by atoms with van der Waals surface area (Å²) in [7, 11) is 0. The number of hydrogen-bond donors (Lipinski definition) is 2. The Hall–Kier alpha value is -1.39. The molecule has 0 unspecified atom stereocenters. The zero-order valence-electron chi connectivity index (χ0n) is 7.23. The topological polar surface area (TPSA) is 57.5 Å². The SMILES string of the molecule is O=Cc1cc(O)c(CO)c2sccc12. The summed E-state index contributed by atoms with van der Waals surface area (Å²) in [5.41, 5.74) is 0.941. The molecule has 1 aromatic carbocycles. The molecule has 3 nitrogen and oxygen atoms in total. The highest BCUT2D eigenvalue weighted by atomic mass is 32.1. The van der Waals surface area contributed by atoms with Crippen molar-refractivity contribution in [1.82, 2.24) is 0 Å². The molecule has 0 saturated heterocycles. The second-order valence-electron chi connectivity index (χ2n) is 2.90. The smallest absolute Gasteiger partial charge is 0.150 e. The van der Waals surface area contributed by atoms with Crippen LogP contribution in [0.15, 0.2) is 17.5 Å². The molecule has 0 spiro atoms. The zero-order valence-corrected chi connectivity index (χ0v) is 8.04. The van der Waals surface area contributed by atoms with E-state index in [1.807, 2.05) is 11.4 Å². The van der Waals surface area contributed by atoms with Crippen molar-refractivity contribution in [1.29, 1.82) is 0 Å². The third-order valence-corrected chi connectivity index (χ3v) is 3.11. The summed E-state index contributed by atoms with van der Waals surface area (Å²) in [6, 6.07) is 3.19. The molecule has 4 heteroatoms. The van der Waals surface area contributed by atoms with Gasteiger partial charge in [-0.2, -0.15) is 0 Å². The fourth-order valence-electron chi connectivity index (χ4n) is 1.45. The predicted molar refractivity (Wildman–Crippen MR) is 54.8 cm³/mol. The monoisotopic (exact) mass is 208 g/mol. The summed E-state index contributed by atoms with van der Waals surface area (Å²) in [5.74, 6) is -0.0236. The van der Waals surface area contributed by atoms with E-state index in [0.29, 0.717) is 17.4 Å². The number of aromatic hydroxyl groups is 1. The van der Waals surface area contributed by atoms with E-state index >= 15 is 0 Å². The Kier molecular flexibility index (Phi) is 2.23. The molecule has 0 aliphatic carbocycles. The first-order valence-electron chi connectivity index (χ1n) is 4.06. The van der Waals surface area contributed by atoms with Crippen LogP contribution in [0, 0.1) is 0 Å². The van der Waals surface area contributed by atoms with Crippen molar-refractivity contribution in [3.05, 3.63) is 28.6 Å². The van der Waals surface area contributed by atoms with Gasteiger partial charge in [0.2, 0.25) is 0 Å². The van der Waals surface area contributed by atoms with Crippen LogP contribution in [0.3, 0.4) is 0 Å². The number of hydrogen-bond acceptors (Lipinski definition) is 4. The number of rotatable bonds is 2. The number of carbonyl (C=O) groups excluding carboxylic acids is 1. The highest BCUT2D eigenvalue weighted by Gasteiger charge is 2.11. The maximum Gasteiger partial charge on any atom is 0.150 e. The normalized spacial score (nSPS) is 10.6. The maximum atomic E-state index is 10.7. The Balaban J connectivity index is 2.88. The molecule has 0 amide bonds. The summed E-state index contributed by atoms with van der Waals surface area (Å²) in [6.07, 6.45) is 0.704. The molecule has 0 atom stereocenters. The Labute approximate surface area is 84.2 Å². The molecule has 0 saturated carbocycles. The molecule has 14 heavy (non-hydrogen) atoms. The number of carbonyl (C=O) groups is 1. The fraction of sp³-hybridized carbons (Fsp3) is 0.100. The molecular weight excluding hydrogens is 200 g/mol. The summed E-state index contributed by atoms with van der Waals surface area (Å²) in [6.45, 7) is -0.220. The van der Waals surface area contributed by atoms with E-state index in [4.69, 9.17) is 5.11 Å². The van der Waals surface area contributed by atoms with Gasteiger partial charge in [-0.3, -0.25) is 4.79 Å². The molecule has 1 aromatic heterocycles. The summed E-state index contributed by atoms with van der Waals surface area (Å²) in [5, 5.41) is 21.2. The van der Waals surface area contributed by atoms with Gasteiger partial charge in [-0.05, 0) is 17.5 Å². The van der Waals surface area contributed by atoms with Crippen molar-refractivity contribution >= 4 is 27.7 Å². The number of fused-ring (bicyclic) bond motifs is 1. The lowest BCUT2D eigenvalue weighted by Gasteiger charge is -2.04. The fourth-order valence-corrected chi connectivity index (χ4v) is 2.41. The molecule has 0 aliphatic rings. The van der Waals surface area contributed by atoms with Crippen LogP contribution < -0.4 is 0 Å². The lowest BCUT2D eigenvalue weighted by molar-refractivity contribution is 0.112. The number of phenols is 1. The van der Waals surface area contributed by atoms with Crippen molar-refractivity contribution in [2.75, 3.05) is 0 Å². The van der Waals surface area contributed by atoms with Crippen LogP contribution in [0.5, 0.6) is 5.75 Å². The molecular formula is C10H8O3S. The largest absolute Gasteiger partial charge is 0.508 e. The van der Waals surface area contributed by atoms with Crippen LogP contribution in [0.4, 0.5) is 0 Å². The molecule has 0 aliphatic heterocycles. The predicted octanol–water partition coefficient (Wildman–Crippen LogP) is 1.91. The molecule has 0 bridgehead atoms.